The Bertz CT molecular complexity index is 183. The largest absolute Gasteiger partial charge is 0.327 e. The fraction of sp³-hybridized carbons (Fsp3) is 0.818. The SMILES string of the molecule is C#CCCN1CCC(N)C(CC)C1. The summed E-state index contributed by atoms with van der Waals surface area (Å²) in [7, 11) is 0. The number of hydrogen-bond acceptors (Lipinski definition) is 2. The Morgan fingerprint density at radius 1 is 1.62 bits per heavy atom. The van der Waals surface area contributed by atoms with E-state index in [0.29, 0.717) is 12.0 Å². The summed E-state index contributed by atoms with van der Waals surface area (Å²) >= 11 is 0. The molecule has 2 unspecified atom stereocenters. The molecule has 0 radical (unpaired) electrons. The van der Waals surface area contributed by atoms with Crippen molar-refractivity contribution in [1.29, 1.82) is 0 Å². The number of rotatable bonds is 3. The third-order valence-corrected chi connectivity index (χ3v) is 2.97. The molecule has 0 spiro atoms. The Kier molecular flexibility index (Phi) is 4.27. The minimum Gasteiger partial charge on any atom is -0.327 e. The summed E-state index contributed by atoms with van der Waals surface area (Å²) < 4.78 is 0. The molecule has 1 rings (SSSR count). The van der Waals surface area contributed by atoms with Crippen LogP contribution in [0.2, 0.25) is 0 Å². The van der Waals surface area contributed by atoms with Crippen LogP contribution < -0.4 is 5.73 Å². The highest BCUT2D eigenvalue weighted by Crippen LogP contribution is 2.18. The zero-order valence-corrected chi connectivity index (χ0v) is 8.50. The zero-order chi connectivity index (χ0) is 9.68. The van der Waals surface area contributed by atoms with Crippen molar-refractivity contribution in [3.05, 3.63) is 0 Å². The number of likely N-dealkylation sites (tertiary alicyclic amines) is 1. The van der Waals surface area contributed by atoms with Crippen LogP contribution >= 0.6 is 0 Å². The molecule has 13 heavy (non-hydrogen) atoms. The summed E-state index contributed by atoms with van der Waals surface area (Å²) in [5.41, 5.74) is 6.01. The van der Waals surface area contributed by atoms with Crippen LogP contribution in [0.15, 0.2) is 0 Å². The van der Waals surface area contributed by atoms with Gasteiger partial charge in [-0.25, -0.2) is 0 Å². The minimum absolute atomic E-state index is 0.409. The highest BCUT2D eigenvalue weighted by atomic mass is 15.1. The second-order valence-corrected chi connectivity index (χ2v) is 3.88. The number of hydrogen-bond donors (Lipinski definition) is 1. The number of piperidine rings is 1. The van der Waals surface area contributed by atoms with Gasteiger partial charge in [-0.3, -0.25) is 0 Å². The predicted molar refractivity (Wildman–Crippen MR) is 56.3 cm³/mol. The van der Waals surface area contributed by atoms with Crippen molar-refractivity contribution in [3.8, 4) is 12.3 Å². The lowest BCUT2D eigenvalue weighted by molar-refractivity contribution is 0.155. The molecule has 2 nitrogen and oxygen atoms in total. The van der Waals surface area contributed by atoms with E-state index in [4.69, 9.17) is 12.2 Å². The summed E-state index contributed by atoms with van der Waals surface area (Å²) in [6.45, 7) is 5.52. The molecule has 2 heteroatoms. The van der Waals surface area contributed by atoms with Crippen molar-refractivity contribution in [2.45, 2.75) is 32.2 Å². The summed E-state index contributed by atoms with van der Waals surface area (Å²) in [4.78, 5) is 2.44. The van der Waals surface area contributed by atoms with Crippen molar-refractivity contribution in [2.24, 2.45) is 11.7 Å². The van der Waals surface area contributed by atoms with Gasteiger partial charge in [0.2, 0.25) is 0 Å². The van der Waals surface area contributed by atoms with E-state index in [2.05, 4.69) is 17.7 Å². The van der Waals surface area contributed by atoms with Gasteiger partial charge in [-0.15, -0.1) is 12.3 Å². The van der Waals surface area contributed by atoms with E-state index in [-0.39, 0.29) is 0 Å². The molecule has 1 heterocycles. The van der Waals surface area contributed by atoms with Crippen molar-refractivity contribution in [3.63, 3.8) is 0 Å². The van der Waals surface area contributed by atoms with Gasteiger partial charge < -0.3 is 10.6 Å². The van der Waals surface area contributed by atoms with E-state index < -0.39 is 0 Å². The molecule has 0 saturated carbocycles. The van der Waals surface area contributed by atoms with E-state index in [1.54, 1.807) is 0 Å². The van der Waals surface area contributed by atoms with Gasteiger partial charge in [0, 0.05) is 25.6 Å². The van der Waals surface area contributed by atoms with Gasteiger partial charge in [0.15, 0.2) is 0 Å². The topological polar surface area (TPSA) is 29.3 Å². The Hall–Kier alpha value is -0.520. The Labute approximate surface area is 81.5 Å². The van der Waals surface area contributed by atoms with Gasteiger partial charge in [0.1, 0.15) is 0 Å². The molecular formula is C11H20N2. The van der Waals surface area contributed by atoms with Crippen molar-refractivity contribution < 1.29 is 0 Å². The van der Waals surface area contributed by atoms with E-state index in [1.165, 1.54) is 6.42 Å². The average molecular weight is 180 g/mol. The first-order valence-corrected chi connectivity index (χ1v) is 5.19. The second-order valence-electron chi connectivity index (χ2n) is 3.88. The lowest BCUT2D eigenvalue weighted by Gasteiger charge is -2.36. The maximum Gasteiger partial charge on any atom is 0.0214 e. The molecule has 2 N–H and O–H groups in total. The molecule has 74 valence electrons. The molecule has 1 fully saturated rings. The molecule has 0 amide bonds. The Balaban J connectivity index is 2.32. The van der Waals surface area contributed by atoms with Gasteiger partial charge in [-0.05, 0) is 18.9 Å². The van der Waals surface area contributed by atoms with Crippen molar-refractivity contribution in [2.75, 3.05) is 19.6 Å². The number of nitrogens with two attached hydrogens (primary N) is 1. The summed E-state index contributed by atoms with van der Waals surface area (Å²) in [5, 5.41) is 0. The molecule has 0 aromatic rings. The van der Waals surface area contributed by atoms with E-state index >= 15 is 0 Å². The Morgan fingerprint density at radius 2 is 2.38 bits per heavy atom. The predicted octanol–water partition coefficient (Wildman–Crippen LogP) is 1.07. The molecule has 0 bridgehead atoms. The van der Waals surface area contributed by atoms with Crippen LogP contribution in [0.1, 0.15) is 26.2 Å². The van der Waals surface area contributed by atoms with Gasteiger partial charge >= 0.3 is 0 Å². The van der Waals surface area contributed by atoms with Crippen molar-refractivity contribution >= 4 is 0 Å². The number of nitrogens with zero attached hydrogens (tertiary/aromatic N) is 1. The normalized spacial score (nSPS) is 29.9. The third kappa shape index (κ3) is 3.02. The van der Waals surface area contributed by atoms with Crippen LogP contribution in [-0.4, -0.2) is 30.6 Å². The fourth-order valence-corrected chi connectivity index (χ4v) is 1.98. The van der Waals surface area contributed by atoms with Crippen LogP contribution in [0.5, 0.6) is 0 Å². The minimum atomic E-state index is 0.409. The van der Waals surface area contributed by atoms with Crippen LogP contribution in [0, 0.1) is 18.3 Å². The maximum atomic E-state index is 6.01. The first-order chi connectivity index (χ1) is 6.27. The standard InChI is InChI=1S/C11H20N2/c1-3-5-7-13-8-6-11(12)10(4-2)9-13/h1,10-11H,4-9,12H2,2H3. The highest BCUT2D eigenvalue weighted by molar-refractivity contribution is 4.87. The molecule has 1 aliphatic rings. The first-order valence-electron chi connectivity index (χ1n) is 5.19. The van der Waals surface area contributed by atoms with Crippen LogP contribution in [-0.2, 0) is 0 Å². The van der Waals surface area contributed by atoms with Gasteiger partial charge in [0.05, 0.1) is 0 Å². The lowest BCUT2D eigenvalue weighted by atomic mass is 9.91. The molecular weight excluding hydrogens is 160 g/mol. The van der Waals surface area contributed by atoms with E-state index in [1.807, 2.05) is 0 Å². The van der Waals surface area contributed by atoms with Crippen molar-refractivity contribution in [1.82, 2.24) is 4.90 Å². The molecule has 0 aliphatic carbocycles. The quantitative estimate of drug-likeness (QED) is 0.658. The molecule has 2 atom stereocenters. The first kappa shape index (κ1) is 10.6. The summed E-state index contributed by atoms with van der Waals surface area (Å²) in [5.74, 6) is 3.36. The van der Waals surface area contributed by atoms with Gasteiger partial charge in [0.25, 0.3) is 0 Å². The smallest absolute Gasteiger partial charge is 0.0214 e. The third-order valence-electron chi connectivity index (χ3n) is 2.97. The van der Waals surface area contributed by atoms with E-state index in [9.17, 15) is 0 Å². The average Bonchev–Trinajstić information content (AvgIpc) is 2.16. The molecule has 1 aliphatic heterocycles. The van der Waals surface area contributed by atoms with Gasteiger partial charge in [-0.1, -0.05) is 13.3 Å². The Morgan fingerprint density at radius 3 is 3.00 bits per heavy atom. The number of terminal acetylenes is 1. The monoisotopic (exact) mass is 180 g/mol. The van der Waals surface area contributed by atoms with E-state index in [0.717, 1.165) is 32.5 Å². The molecule has 0 aromatic carbocycles. The second kappa shape index (κ2) is 5.26. The fourth-order valence-electron chi connectivity index (χ4n) is 1.98. The molecule has 0 aromatic heterocycles. The maximum absolute atomic E-state index is 6.01. The van der Waals surface area contributed by atoms with Crippen LogP contribution in [0.3, 0.4) is 0 Å². The van der Waals surface area contributed by atoms with Crippen LogP contribution in [0.25, 0.3) is 0 Å². The lowest BCUT2D eigenvalue weighted by Crippen LogP contribution is -2.46. The molecule has 1 saturated heterocycles. The highest BCUT2D eigenvalue weighted by Gasteiger charge is 2.24. The van der Waals surface area contributed by atoms with Crippen LogP contribution in [0.4, 0.5) is 0 Å². The summed E-state index contributed by atoms with van der Waals surface area (Å²) in [6, 6.07) is 0.409. The van der Waals surface area contributed by atoms with Gasteiger partial charge in [-0.2, -0.15) is 0 Å². The summed E-state index contributed by atoms with van der Waals surface area (Å²) in [6.07, 6.45) is 8.42. The zero-order valence-electron chi connectivity index (χ0n) is 8.50.